The molecule has 3 aromatic heterocycles. The van der Waals surface area contributed by atoms with Crippen LogP contribution < -0.4 is 9.47 Å². The second-order valence-electron chi connectivity index (χ2n) is 7.17. The van der Waals surface area contributed by atoms with Gasteiger partial charge in [0.2, 0.25) is 0 Å². The Kier molecular flexibility index (Phi) is 3.39. The standard InChI is InChI=1S/C21H17N5O3/c1-27-20-22-8-13(9-23-20)15-6-7-16-19(25-15)26-18(24-16)10-28-11-21(26)12-29-17-5-3-2-4-14(17)21/h2-9H,10-12H2,1H3. The van der Waals surface area contributed by atoms with E-state index >= 15 is 0 Å². The molecule has 1 atom stereocenters. The van der Waals surface area contributed by atoms with E-state index in [1.165, 1.54) is 0 Å². The van der Waals surface area contributed by atoms with E-state index < -0.39 is 5.54 Å². The lowest BCUT2D eigenvalue weighted by atomic mass is 9.91. The number of pyridine rings is 1. The molecule has 5 heterocycles. The van der Waals surface area contributed by atoms with Gasteiger partial charge in [-0.05, 0) is 18.2 Å². The summed E-state index contributed by atoms with van der Waals surface area (Å²) in [6, 6.07) is 12.3. The van der Waals surface area contributed by atoms with Gasteiger partial charge in [0.15, 0.2) is 5.65 Å². The van der Waals surface area contributed by atoms with Crippen LogP contribution in [0.25, 0.3) is 22.4 Å². The number of aromatic nitrogens is 5. The summed E-state index contributed by atoms with van der Waals surface area (Å²) < 4.78 is 19.2. The molecule has 29 heavy (non-hydrogen) atoms. The van der Waals surface area contributed by atoms with Crippen molar-refractivity contribution in [3.63, 3.8) is 0 Å². The van der Waals surface area contributed by atoms with E-state index in [0.717, 1.165) is 39.6 Å². The third-order valence-corrected chi connectivity index (χ3v) is 5.54. The van der Waals surface area contributed by atoms with Gasteiger partial charge in [-0.2, -0.15) is 0 Å². The molecular formula is C21H17N5O3. The number of nitrogens with zero attached hydrogens (tertiary/aromatic N) is 5. The minimum absolute atomic E-state index is 0.326. The zero-order valence-corrected chi connectivity index (χ0v) is 15.7. The molecule has 8 heteroatoms. The summed E-state index contributed by atoms with van der Waals surface area (Å²) >= 11 is 0. The quantitative estimate of drug-likeness (QED) is 0.523. The zero-order chi connectivity index (χ0) is 19.4. The molecule has 0 saturated heterocycles. The van der Waals surface area contributed by atoms with Gasteiger partial charge in [-0.25, -0.2) is 19.9 Å². The normalized spacial score (nSPS) is 19.8. The summed E-state index contributed by atoms with van der Waals surface area (Å²) in [5, 5.41) is 0. The number of imidazole rings is 1. The molecule has 0 radical (unpaired) electrons. The summed E-state index contributed by atoms with van der Waals surface area (Å²) in [6.45, 7) is 1.45. The lowest BCUT2D eigenvalue weighted by Gasteiger charge is -2.34. The maximum absolute atomic E-state index is 6.02. The first-order chi connectivity index (χ1) is 14.3. The Morgan fingerprint density at radius 1 is 1.03 bits per heavy atom. The van der Waals surface area contributed by atoms with Gasteiger partial charge in [0.25, 0.3) is 0 Å². The minimum atomic E-state index is -0.471. The van der Waals surface area contributed by atoms with E-state index in [0.29, 0.717) is 25.8 Å². The average molecular weight is 387 g/mol. The Balaban J connectivity index is 1.56. The molecule has 1 aromatic carbocycles. The van der Waals surface area contributed by atoms with Crippen LogP contribution in [0.4, 0.5) is 0 Å². The Morgan fingerprint density at radius 3 is 2.76 bits per heavy atom. The van der Waals surface area contributed by atoms with Gasteiger partial charge in [-0.1, -0.05) is 18.2 Å². The predicted octanol–water partition coefficient (Wildman–Crippen LogP) is 2.56. The number of hydrogen-bond donors (Lipinski definition) is 0. The lowest BCUT2D eigenvalue weighted by molar-refractivity contribution is 0.0134. The largest absolute Gasteiger partial charge is 0.490 e. The summed E-state index contributed by atoms with van der Waals surface area (Å²) in [5.41, 5.74) is 3.84. The summed E-state index contributed by atoms with van der Waals surface area (Å²) in [5.74, 6) is 1.73. The number of fused-ring (bicyclic) bond motifs is 6. The Morgan fingerprint density at radius 2 is 1.90 bits per heavy atom. The van der Waals surface area contributed by atoms with Crippen LogP contribution in [0.2, 0.25) is 0 Å². The van der Waals surface area contributed by atoms with Crippen molar-refractivity contribution in [3.05, 3.63) is 60.2 Å². The molecule has 0 N–H and O–H groups in total. The first-order valence-corrected chi connectivity index (χ1v) is 9.34. The van der Waals surface area contributed by atoms with E-state index in [1.807, 2.05) is 30.3 Å². The van der Waals surface area contributed by atoms with E-state index in [4.69, 9.17) is 24.2 Å². The molecule has 8 nitrogen and oxygen atoms in total. The van der Waals surface area contributed by atoms with Crippen molar-refractivity contribution >= 4 is 11.2 Å². The lowest BCUT2D eigenvalue weighted by Crippen LogP contribution is -2.45. The second kappa shape index (κ2) is 5.99. The highest BCUT2D eigenvalue weighted by atomic mass is 16.5. The van der Waals surface area contributed by atoms with Gasteiger partial charge in [-0.15, -0.1) is 0 Å². The molecule has 2 aliphatic heterocycles. The van der Waals surface area contributed by atoms with Crippen molar-refractivity contribution in [2.45, 2.75) is 12.1 Å². The SMILES string of the molecule is COc1ncc(-c2ccc3nc4n(c3n2)C2(COC4)COc3ccccc32)cn1. The Bertz CT molecular complexity index is 1240. The number of methoxy groups -OCH3 is 1. The van der Waals surface area contributed by atoms with Crippen molar-refractivity contribution < 1.29 is 14.2 Å². The van der Waals surface area contributed by atoms with Crippen LogP contribution in [0.3, 0.4) is 0 Å². The molecule has 1 unspecified atom stereocenters. The monoisotopic (exact) mass is 387 g/mol. The molecule has 0 bridgehead atoms. The summed E-state index contributed by atoms with van der Waals surface area (Å²) in [4.78, 5) is 18.1. The van der Waals surface area contributed by atoms with Gasteiger partial charge < -0.3 is 14.2 Å². The average Bonchev–Trinajstić information content (AvgIpc) is 3.33. The van der Waals surface area contributed by atoms with Gasteiger partial charge in [-0.3, -0.25) is 4.57 Å². The van der Waals surface area contributed by atoms with E-state index in [1.54, 1.807) is 19.5 Å². The minimum Gasteiger partial charge on any atom is -0.490 e. The predicted molar refractivity (Wildman–Crippen MR) is 104 cm³/mol. The highest BCUT2D eigenvalue weighted by Gasteiger charge is 2.47. The number of ether oxygens (including phenoxy) is 3. The van der Waals surface area contributed by atoms with Crippen LogP contribution in [0.15, 0.2) is 48.8 Å². The molecule has 144 valence electrons. The number of rotatable bonds is 2. The van der Waals surface area contributed by atoms with Crippen molar-refractivity contribution in [2.24, 2.45) is 0 Å². The third kappa shape index (κ3) is 2.29. The second-order valence-corrected chi connectivity index (χ2v) is 7.17. The topological polar surface area (TPSA) is 84.2 Å². The van der Waals surface area contributed by atoms with Crippen molar-refractivity contribution in [3.8, 4) is 23.0 Å². The molecular weight excluding hydrogens is 370 g/mol. The zero-order valence-electron chi connectivity index (χ0n) is 15.7. The first-order valence-electron chi connectivity index (χ1n) is 9.34. The molecule has 4 aromatic rings. The number of para-hydroxylation sites is 1. The van der Waals surface area contributed by atoms with E-state index in [9.17, 15) is 0 Å². The molecule has 0 saturated carbocycles. The fraction of sp³-hybridized carbons (Fsp3) is 0.238. The van der Waals surface area contributed by atoms with Crippen LogP contribution >= 0.6 is 0 Å². The number of benzene rings is 1. The molecule has 0 fully saturated rings. The summed E-state index contributed by atoms with van der Waals surface area (Å²) in [7, 11) is 1.54. The van der Waals surface area contributed by atoms with Gasteiger partial charge in [0, 0.05) is 23.5 Å². The van der Waals surface area contributed by atoms with Crippen molar-refractivity contribution in [1.82, 2.24) is 24.5 Å². The first kappa shape index (κ1) is 16.4. The van der Waals surface area contributed by atoms with Crippen LogP contribution in [0, 0.1) is 0 Å². The van der Waals surface area contributed by atoms with E-state index in [2.05, 4.69) is 20.6 Å². The maximum atomic E-state index is 6.02. The van der Waals surface area contributed by atoms with Crippen LogP contribution in [0.1, 0.15) is 11.4 Å². The Hall–Kier alpha value is -3.52. The fourth-order valence-corrected chi connectivity index (χ4v) is 4.20. The van der Waals surface area contributed by atoms with Crippen molar-refractivity contribution in [1.29, 1.82) is 0 Å². The van der Waals surface area contributed by atoms with Gasteiger partial charge in [0.1, 0.15) is 35.8 Å². The van der Waals surface area contributed by atoms with Crippen LogP contribution in [-0.4, -0.2) is 44.8 Å². The fourth-order valence-electron chi connectivity index (χ4n) is 4.20. The number of hydrogen-bond acceptors (Lipinski definition) is 7. The third-order valence-electron chi connectivity index (χ3n) is 5.54. The van der Waals surface area contributed by atoms with Crippen LogP contribution in [-0.2, 0) is 16.9 Å². The van der Waals surface area contributed by atoms with Crippen LogP contribution in [0.5, 0.6) is 11.8 Å². The molecule has 0 amide bonds. The molecule has 2 aliphatic rings. The van der Waals surface area contributed by atoms with Crippen molar-refractivity contribution in [2.75, 3.05) is 20.3 Å². The highest BCUT2D eigenvalue weighted by Crippen LogP contribution is 2.44. The summed E-state index contributed by atoms with van der Waals surface area (Å²) in [6.07, 6.45) is 3.42. The highest BCUT2D eigenvalue weighted by molar-refractivity contribution is 5.77. The van der Waals surface area contributed by atoms with Gasteiger partial charge >= 0.3 is 6.01 Å². The smallest absolute Gasteiger partial charge is 0.316 e. The maximum Gasteiger partial charge on any atom is 0.316 e. The molecule has 0 aliphatic carbocycles. The van der Waals surface area contributed by atoms with E-state index in [-0.39, 0.29) is 0 Å². The Labute approximate surface area is 166 Å². The van der Waals surface area contributed by atoms with Gasteiger partial charge in [0.05, 0.1) is 19.4 Å². The molecule has 1 spiro atoms. The molecule has 6 rings (SSSR count).